The Bertz CT molecular complexity index is 385. The van der Waals surface area contributed by atoms with Crippen molar-refractivity contribution in [3.63, 3.8) is 0 Å². The monoisotopic (exact) mass is 236 g/mol. The van der Waals surface area contributed by atoms with Gasteiger partial charge in [0.25, 0.3) is 0 Å². The molecule has 0 aliphatic carbocycles. The number of allylic oxidation sites excluding steroid dienone is 1. The second kappa shape index (κ2) is 7.33. The quantitative estimate of drug-likeness (QED) is 0.630. The Hall–Kier alpha value is -1.97. The van der Waals surface area contributed by atoms with Gasteiger partial charge in [0.15, 0.2) is 0 Å². The van der Waals surface area contributed by atoms with Gasteiger partial charge in [0.2, 0.25) is 0 Å². The molecule has 0 aromatic heterocycles. The first kappa shape index (κ1) is 13.1. The first-order valence-corrected chi connectivity index (χ1v) is 5.36. The van der Waals surface area contributed by atoms with Gasteiger partial charge >= 0.3 is 6.16 Å². The highest BCUT2D eigenvalue weighted by molar-refractivity contribution is 5.59. The smallest absolute Gasteiger partial charge is 0.508 e. The summed E-state index contributed by atoms with van der Waals surface area (Å²) in [5.74, 6) is 0.312. The third kappa shape index (κ3) is 5.06. The number of hydrogen-bond acceptors (Lipinski definition) is 4. The average Bonchev–Trinajstić information content (AvgIpc) is 2.35. The molecule has 0 radical (unpaired) electrons. The summed E-state index contributed by atoms with van der Waals surface area (Å²) in [6.45, 7) is 0.202. The van der Waals surface area contributed by atoms with E-state index >= 15 is 0 Å². The van der Waals surface area contributed by atoms with Crippen LogP contribution < -0.4 is 0 Å². The molecule has 1 N–H and O–H groups in total. The summed E-state index contributed by atoms with van der Waals surface area (Å²) < 4.78 is 8.98. The molecule has 0 bridgehead atoms. The van der Waals surface area contributed by atoms with Gasteiger partial charge in [-0.2, -0.15) is 0 Å². The van der Waals surface area contributed by atoms with E-state index in [-0.39, 0.29) is 6.61 Å². The minimum atomic E-state index is -0.685. The maximum absolute atomic E-state index is 10.6. The maximum atomic E-state index is 10.6. The minimum Gasteiger partial charge on any atom is -0.508 e. The number of aryl methyl sites for hydroxylation is 1. The number of ether oxygens (including phenoxy) is 2. The summed E-state index contributed by atoms with van der Waals surface area (Å²) in [4.78, 5) is 10.6. The van der Waals surface area contributed by atoms with Crippen LogP contribution in [0.25, 0.3) is 0 Å². The number of hydrogen-bond donors (Lipinski definition) is 1. The van der Waals surface area contributed by atoms with E-state index in [1.807, 2.05) is 18.2 Å². The van der Waals surface area contributed by atoms with Crippen LogP contribution >= 0.6 is 0 Å². The summed E-state index contributed by atoms with van der Waals surface area (Å²) in [7, 11) is 1.27. The highest BCUT2D eigenvalue weighted by Crippen LogP contribution is 2.17. The normalized spacial score (nSPS) is 10.4. The Morgan fingerprint density at radius 2 is 2.12 bits per heavy atom. The Morgan fingerprint density at radius 1 is 1.35 bits per heavy atom. The van der Waals surface area contributed by atoms with Crippen molar-refractivity contribution < 1.29 is 19.4 Å². The first-order valence-electron chi connectivity index (χ1n) is 5.36. The molecule has 4 heteroatoms. The molecular formula is C13H16O4. The van der Waals surface area contributed by atoms with Crippen LogP contribution in [0.4, 0.5) is 4.79 Å². The van der Waals surface area contributed by atoms with Gasteiger partial charge < -0.3 is 14.6 Å². The molecule has 1 aromatic carbocycles. The molecule has 0 fully saturated rings. The van der Waals surface area contributed by atoms with E-state index in [1.54, 1.807) is 18.2 Å². The highest BCUT2D eigenvalue weighted by atomic mass is 16.7. The van der Waals surface area contributed by atoms with Gasteiger partial charge in [-0.25, -0.2) is 4.79 Å². The fourth-order valence-electron chi connectivity index (χ4n) is 1.32. The van der Waals surface area contributed by atoms with E-state index in [0.29, 0.717) is 5.75 Å². The molecule has 0 aliphatic heterocycles. The molecule has 1 aromatic rings. The summed E-state index contributed by atoms with van der Waals surface area (Å²) in [6, 6.07) is 7.23. The van der Waals surface area contributed by atoms with Gasteiger partial charge in [0.1, 0.15) is 12.4 Å². The summed E-state index contributed by atoms with van der Waals surface area (Å²) >= 11 is 0. The zero-order chi connectivity index (χ0) is 12.5. The molecule has 0 saturated heterocycles. The molecule has 1 rings (SSSR count). The van der Waals surface area contributed by atoms with Crippen molar-refractivity contribution in [2.24, 2.45) is 0 Å². The lowest BCUT2D eigenvalue weighted by Crippen LogP contribution is -2.03. The summed E-state index contributed by atoms with van der Waals surface area (Å²) in [5, 5.41) is 9.51. The van der Waals surface area contributed by atoms with Crippen LogP contribution in [0.1, 0.15) is 12.0 Å². The fraction of sp³-hybridized carbons (Fsp3) is 0.308. The van der Waals surface area contributed by atoms with Crippen molar-refractivity contribution >= 4 is 6.16 Å². The van der Waals surface area contributed by atoms with Gasteiger partial charge in [-0.15, -0.1) is 0 Å². The number of benzene rings is 1. The van der Waals surface area contributed by atoms with Gasteiger partial charge in [0, 0.05) is 0 Å². The number of methoxy groups -OCH3 is 1. The molecule has 92 valence electrons. The minimum absolute atomic E-state index is 0.202. The molecule has 0 aliphatic rings. The van der Waals surface area contributed by atoms with Crippen molar-refractivity contribution in [2.45, 2.75) is 12.8 Å². The zero-order valence-electron chi connectivity index (χ0n) is 9.76. The second-order valence-corrected chi connectivity index (χ2v) is 3.40. The SMILES string of the molecule is COC(=O)OC/C=C\CCc1ccccc1O. The lowest BCUT2D eigenvalue weighted by Gasteiger charge is -2.01. The largest absolute Gasteiger partial charge is 0.508 e. The summed E-state index contributed by atoms with van der Waals surface area (Å²) in [6.07, 6.45) is 4.49. The predicted octanol–water partition coefficient (Wildman–Crippen LogP) is 2.66. The topological polar surface area (TPSA) is 55.8 Å². The second-order valence-electron chi connectivity index (χ2n) is 3.40. The molecule has 0 atom stereocenters. The van der Waals surface area contributed by atoms with E-state index in [0.717, 1.165) is 18.4 Å². The zero-order valence-corrected chi connectivity index (χ0v) is 9.76. The van der Waals surface area contributed by atoms with Crippen LogP contribution in [-0.4, -0.2) is 25.0 Å². The third-order valence-corrected chi connectivity index (χ3v) is 2.20. The highest BCUT2D eigenvalue weighted by Gasteiger charge is 1.98. The molecule has 0 saturated carbocycles. The van der Waals surface area contributed by atoms with Gasteiger partial charge in [-0.3, -0.25) is 0 Å². The Balaban J connectivity index is 2.22. The van der Waals surface area contributed by atoms with Crippen molar-refractivity contribution in [1.82, 2.24) is 0 Å². The predicted molar refractivity (Wildman–Crippen MR) is 63.9 cm³/mol. The van der Waals surface area contributed by atoms with Crippen LogP contribution in [0, 0.1) is 0 Å². The number of phenolic OH excluding ortho intramolecular Hbond substituents is 1. The molecule has 0 unspecified atom stereocenters. The fourth-order valence-corrected chi connectivity index (χ4v) is 1.32. The number of aromatic hydroxyl groups is 1. The van der Waals surface area contributed by atoms with Crippen molar-refractivity contribution in [3.8, 4) is 5.75 Å². The molecule has 0 amide bonds. The van der Waals surface area contributed by atoms with Gasteiger partial charge in [-0.05, 0) is 24.5 Å². The standard InChI is InChI=1S/C13H16O4/c1-16-13(15)17-10-6-2-3-7-11-8-4-5-9-12(11)14/h2,4-6,8-9,14H,3,7,10H2,1H3/b6-2-. The number of para-hydroxylation sites is 1. The van der Waals surface area contributed by atoms with Crippen LogP contribution in [0.2, 0.25) is 0 Å². The van der Waals surface area contributed by atoms with Crippen LogP contribution in [0.15, 0.2) is 36.4 Å². The lowest BCUT2D eigenvalue weighted by molar-refractivity contribution is 0.0817. The first-order chi connectivity index (χ1) is 8.24. The van der Waals surface area contributed by atoms with Crippen molar-refractivity contribution in [3.05, 3.63) is 42.0 Å². The maximum Gasteiger partial charge on any atom is 0.508 e. The number of phenols is 1. The molecule has 4 nitrogen and oxygen atoms in total. The van der Waals surface area contributed by atoms with E-state index in [1.165, 1.54) is 7.11 Å². The van der Waals surface area contributed by atoms with Gasteiger partial charge in [0.05, 0.1) is 7.11 Å². The van der Waals surface area contributed by atoms with E-state index < -0.39 is 6.16 Å². The van der Waals surface area contributed by atoms with Crippen molar-refractivity contribution in [1.29, 1.82) is 0 Å². The molecular weight excluding hydrogens is 220 g/mol. The van der Waals surface area contributed by atoms with E-state index in [2.05, 4.69) is 9.47 Å². The Morgan fingerprint density at radius 3 is 2.82 bits per heavy atom. The molecule has 0 spiro atoms. The van der Waals surface area contributed by atoms with E-state index in [9.17, 15) is 9.90 Å². The van der Waals surface area contributed by atoms with Gasteiger partial charge in [-0.1, -0.05) is 30.4 Å². The number of carbonyl (C=O) groups is 1. The van der Waals surface area contributed by atoms with Crippen LogP contribution in [-0.2, 0) is 15.9 Å². The molecule has 0 heterocycles. The molecule has 17 heavy (non-hydrogen) atoms. The third-order valence-electron chi connectivity index (χ3n) is 2.20. The van der Waals surface area contributed by atoms with Crippen LogP contribution in [0.5, 0.6) is 5.75 Å². The number of rotatable bonds is 5. The summed E-state index contributed by atoms with van der Waals surface area (Å²) in [5.41, 5.74) is 0.908. The van der Waals surface area contributed by atoms with Crippen molar-refractivity contribution in [2.75, 3.05) is 13.7 Å². The average molecular weight is 236 g/mol. The Labute approximate surface area is 100 Å². The number of carbonyl (C=O) groups excluding carboxylic acids is 1. The van der Waals surface area contributed by atoms with E-state index in [4.69, 9.17) is 0 Å². The van der Waals surface area contributed by atoms with Crippen LogP contribution in [0.3, 0.4) is 0 Å². The lowest BCUT2D eigenvalue weighted by atomic mass is 10.1. The Kier molecular flexibility index (Phi) is 5.64.